The summed E-state index contributed by atoms with van der Waals surface area (Å²) in [5, 5.41) is 2.81. The summed E-state index contributed by atoms with van der Waals surface area (Å²) in [6.45, 7) is 2.13. The molecule has 1 amide bonds. The van der Waals surface area contributed by atoms with Crippen molar-refractivity contribution in [3.8, 4) is 0 Å². The largest absolute Gasteiger partial charge is 0.326 e. The van der Waals surface area contributed by atoms with E-state index in [-0.39, 0.29) is 17.6 Å². The Morgan fingerprint density at radius 1 is 1.21 bits per heavy atom. The number of rotatable bonds is 5. The van der Waals surface area contributed by atoms with Gasteiger partial charge in [-0.1, -0.05) is 12.1 Å². The van der Waals surface area contributed by atoms with Crippen molar-refractivity contribution in [1.29, 1.82) is 0 Å². The summed E-state index contributed by atoms with van der Waals surface area (Å²) in [5.41, 5.74) is 1.12. The number of carbonyl (C=O) groups excluding carboxylic acids is 2. The second kappa shape index (κ2) is 7.42. The molecule has 1 aromatic carbocycles. The summed E-state index contributed by atoms with van der Waals surface area (Å²) in [5.74, 6) is -0.439. The van der Waals surface area contributed by atoms with Crippen molar-refractivity contribution in [1.82, 2.24) is 8.61 Å². The maximum Gasteiger partial charge on any atom is 0.281 e. The molecule has 24 heavy (non-hydrogen) atoms. The van der Waals surface area contributed by atoms with E-state index >= 15 is 0 Å². The Hall–Kier alpha value is -1.77. The first-order valence-corrected chi connectivity index (χ1v) is 9.21. The Labute approximate surface area is 142 Å². The van der Waals surface area contributed by atoms with Gasteiger partial charge in [0.05, 0.1) is 0 Å². The van der Waals surface area contributed by atoms with Gasteiger partial charge in [0.2, 0.25) is 5.91 Å². The van der Waals surface area contributed by atoms with Gasteiger partial charge in [0.1, 0.15) is 0 Å². The van der Waals surface area contributed by atoms with Gasteiger partial charge in [0.25, 0.3) is 10.2 Å². The Morgan fingerprint density at radius 2 is 1.83 bits per heavy atom. The van der Waals surface area contributed by atoms with Crippen LogP contribution in [0.5, 0.6) is 0 Å². The van der Waals surface area contributed by atoms with E-state index in [4.69, 9.17) is 0 Å². The van der Waals surface area contributed by atoms with E-state index in [0.717, 1.165) is 0 Å². The molecule has 1 saturated heterocycles. The number of hydrogen-bond donors (Lipinski definition) is 1. The first kappa shape index (κ1) is 18.6. The van der Waals surface area contributed by atoms with Gasteiger partial charge in [0, 0.05) is 44.4 Å². The highest BCUT2D eigenvalue weighted by Crippen LogP contribution is 2.22. The number of benzene rings is 1. The molecule has 0 bridgehead atoms. The smallest absolute Gasteiger partial charge is 0.281 e. The van der Waals surface area contributed by atoms with Crippen LogP contribution in [0.4, 0.5) is 5.69 Å². The van der Waals surface area contributed by atoms with Crippen molar-refractivity contribution in [3.05, 3.63) is 29.8 Å². The lowest BCUT2D eigenvalue weighted by molar-refractivity contribution is -0.120. The lowest BCUT2D eigenvalue weighted by atomic mass is 9.97. The molecule has 0 aliphatic carbocycles. The van der Waals surface area contributed by atoms with Crippen molar-refractivity contribution in [3.63, 3.8) is 0 Å². The zero-order valence-electron chi connectivity index (χ0n) is 14.2. The molecule has 2 rings (SSSR count). The number of nitrogens with zero attached hydrogens (tertiary/aromatic N) is 2. The molecule has 1 aliphatic heterocycles. The number of nitrogens with one attached hydrogen (secondary N) is 1. The van der Waals surface area contributed by atoms with E-state index in [0.29, 0.717) is 37.2 Å². The highest BCUT2D eigenvalue weighted by molar-refractivity contribution is 7.86. The molecule has 1 aromatic rings. The molecule has 1 heterocycles. The number of anilines is 1. The monoisotopic (exact) mass is 353 g/mol. The summed E-state index contributed by atoms with van der Waals surface area (Å²) in [6, 6.07) is 6.79. The van der Waals surface area contributed by atoms with Crippen molar-refractivity contribution >= 4 is 27.6 Å². The van der Waals surface area contributed by atoms with Gasteiger partial charge in [-0.2, -0.15) is 17.0 Å². The highest BCUT2D eigenvalue weighted by atomic mass is 32.2. The minimum Gasteiger partial charge on any atom is -0.326 e. The summed E-state index contributed by atoms with van der Waals surface area (Å²) < 4.78 is 26.7. The highest BCUT2D eigenvalue weighted by Gasteiger charge is 2.32. The van der Waals surface area contributed by atoms with Gasteiger partial charge < -0.3 is 5.32 Å². The van der Waals surface area contributed by atoms with Gasteiger partial charge in [0.15, 0.2) is 5.78 Å². The predicted molar refractivity (Wildman–Crippen MR) is 92.0 cm³/mol. The number of Topliss-reactive ketones (excluding diaryl/α,β-unsaturated/α-hetero) is 1. The van der Waals surface area contributed by atoms with Gasteiger partial charge in [-0.05, 0) is 31.9 Å². The molecule has 0 aromatic heterocycles. The number of piperidine rings is 1. The lowest BCUT2D eigenvalue weighted by Crippen LogP contribution is -2.46. The second-order valence-electron chi connectivity index (χ2n) is 6.09. The van der Waals surface area contributed by atoms with Crippen molar-refractivity contribution in [2.24, 2.45) is 5.92 Å². The molecule has 0 radical (unpaired) electrons. The minimum atomic E-state index is -3.43. The molecule has 132 valence electrons. The molecular weight excluding hydrogens is 330 g/mol. The van der Waals surface area contributed by atoms with Crippen LogP contribution in [-0.2, 0) is 15.0 Å². The first-order valence-electron chi connectivity index (χ1n) is 7.81. The fourth-order valence-electron chi connectivity index (χ4n) is 2.64. The zero-order valence-corrected chi connectivity index (χ0v) is 15.0. The first-order chi connectivity index (χ1) is 11.2. The van der Waals surface area contributed by atoms with E-state index in [1.165, 1.54) is 29.6 Å². The van der Waals surface area contributed by atoms with Crippen LogP contribution < -0.4 is 5.32 Å². The number of carbonyl (C=O) groups is 2. The molecule has 0 unspecified atom stereocenters. The van der Waals surface area contributed by atoms with Crippen LogP contribution in [0.25, 0.3) is 0 Å². The van der Waals surface area contributed by atoms with Crippen LogP contribution in [0.2, 0.25) is 0 Å². The van der Waals surface area contributed by atoms with Crippen LogP contribution in [0.1, 0.15) is 30.1 Å². The summed E-state index contributed by atoms with van der Waals surface area (Å²) in [6.07, 6.45) is 0.955. The molecular formula is C16H23N3O4S. The summed E-state index contributed by atoms with van der Waals surface area (Å²) >= 11 is 0. The molecule has 1 N–H and O–H groups in total. The molecule has 1 fully saturated rings. The van der Waals surface area contributed by atoms with Gasteiger partial charge in [-0.25, -0.2) is 0 Å². The average Bonchev–Trinajstić information content (AvgIpc) is 2.55. The quantitative estimate of drug-likeness (QED) is 0.810. The fraction of sp³-hybridized carbons (Fsp3) is 0.500. The zero-order chi connectivity index (χ0) is 17.9. The second-order valence-corrected chi connectivity index (χ2v) is 8.23. The van der Waals surface area contributed by atoms with E-state index in [1.54, 1.807) is 24.3 Å². The Balaban J connectivity index is 1.96. The lowest BCUT2D eigenvalue weighted by Gasteiger charge is -2.32. The number of hydrogen-bond acceptors (Lipinski definition) is 4. The Kier molecular flexibility index (Phi) is 5.74. The van der Waals surface area contributed by atoms with E-state index in [2.05, 4.69) is 5.32 Å². The average molecular weight is 353 g/mol. The minimum absolute atomic E-state index is 0.0618. The summed E-state index contributed by atoms with van der Waals surface area (Å²) in [4.78, 5) is 23.8. The van der Waals surface area contributed by atoms with Crippen LogP contribution in [-0.4, -0.2) is 55.9 Å². The van der Waals surface area contributed by atoms with Crippen LogP contribution in [0, 0.1) is 5.92 Å². The third-order valence-corrected chi connectivity index (χ3v) is 6.09. The van der Waals surface area contributed by atoms with E-state index in [9.17, 15) is 18.0 Å². The molecule has 8 heteroatoms. The maximum atomic E-state index is 12.4. The molecule has 0 atom stereocenters. The van der Waals surface area contributed by atoms with Gasteiger partial charge >= 0.3 is 0 Å². The maximum absolute atomic E-state index is 12.4. The van der Waals surface area contributed by atoms with E-state index < -0.39 is 10.2 Å². The van der Waals surface area contributed by atoms with Crippen molar-refractivity contribution in [2.45, 2.75) is 19.8 Å². The third kappa shape index (κ3) is 4.19. The van der Waals surface area contributed by atoms with Crippen molar-refractivity contribution < 1.29 is 18.0 Å². The predicted octanol–water partition coefficient (Wildman–Crippen LogP) is 1.35. The number of ketones is 1. The number of amides is 1. The topological polar surface area (TPSA) is 86.8 Å². The third-order valence-electron chi connectivity index (χ3n) is 4.15. The SMILES string of the molecule is CC(=O)c1cccc(NC(=O)C2CCN(S(=O)(=O)N(C)C)CC2)c1. The van der Waals surface area contributed by atoms with Gasteiger partial charge in [-0.15, -0.1) is 0 Å². The molecule has 7 nitrogen and oxygen atoms in total. The van der Waals surface area contributed by atoms with Crippen LogP contribution in [0.3, 0.4) is 0 Å². The van der Waals surface area contributed by atoms with Crippen molar-refractivity contribution in [2.75, 3.05) is 32.5 Å². The van der Waals surface area contributed by atoms with Crippen LogP contribution in [0.15, 0.2) is 24.3 Å². The standard InChI is InChI=1S/C16H23N3O4S/c1-12(20)14-5-4-6-15(11-14)17-16(21)13-7-9-19(10-8-13)24(22,23)18(2)3/h4-6,11,13H,7-10H2,1-3H3,(H,17,21). The normalized spacial score (nSPS) is 17.0. The van der Waals surface area contributed by atoms with Gasteiger partial charge in [-0.3, -0.25) is 9.59 Å². The van der Waals surface area contributed by atoms with Crippen LogP contribution >= 0.6 is 0 Å². The molecule has 0 spiro atoms. The molecule has 0 saturated carbocycles. The van der Waals surface area contributed by atoms with E-state index in [1.807, 2.05) is 0 Å². The molecule has 1 aliphatic rings. The fourth-order valence-corrected chi connectivity index (χ4v) is 3.77. The Morgan fingerprint density at radius 3 is 2.38 bits per heavy atom. The summed E-state index contributed by atoms with van der Waals surface area (Å²) in [7, 11) is -0.433. The Bertz CT molecular complexity index is 723.